The summed E-state index contributed by atoms with van der Waals surface area (Å²) in [5.41, 5.74) is 1.65. The normalized spacial score (nSPS) is 13.5. The molecule has 120 valence electrons. The Hall–Kier alpha value is -1.73. The largest absolute Gasteiger partial charge is 0.241 e. The smallest absolute Gasteiger partial charge is 0.207 e. The molecule has 1 atom stereocenters. The first-order valence-electron chi connectivity index (χ1n) is 7.23. The molecule has 0 aliphatic rings. The van der Waals surface area contributed by atoms with Gasteiger partial charge < -0.3 is 0 Å². The van der Waals surface area contributed by atoms with E-state index in [1.54, 1.807) is 25.4 Å². The standard InChI is InChI=1S/C15H22N4O2S/c1-11(2)14(10-19-16-7-8-17-19)18-22(20,21)15-9-12(3)5-6-13(15)4/h5-9,11,14,18H,10H2,1-4H3/t14-/m0/s1. The van der Waals surface area contributed by atoms with E-state index in [0.717, 1.165) is 11.1 Å². The lowest BCUT2D eigenvalue weighted by Gasteiger charge is -2.22. The quantitative estimate of drug-likeness (QED) is 0.881. The van der Waals surface area contributed by atoms with E-state index in [0.29, 0.717) is 11.4 Å². The van der Waals surface area contributed by atoms with Crippen molar-refractivity contribution in [3.63, 3.8) is 0 Å². The molecule has 1 N–H and O–H groups in total. The average Bonchev–Trinajstić information content (AvgIpc) is 2.93. The van der Waals surface area contributed by atoms with Crippen molar-refractivity contribution in [1.82, 2.24) is 19.7 Å². The van der Waals surface area contributed by atoms with Crippen LogP contribution < -0.4 is 4.72 Å². The summed E-state index contributed by atoms with van der Waals surface area (Å²) in [4.78, 5) is 1.82. The van der Waals surface area contributed by atoms with Crippen molar-refractivity contribution in [2.24, 2.45) is 5.92 Å². The molecule has 1 heterocycles. The predicted molar refractivity (Wildman–Crippen MR) is 84.9 cm³/mol. The van der Waals surface area contributed by atoms with E-state index in [9.17, 15) is 8.42 Å². The Morgan fingerprint density at radius 2 is 1.82 bits per heavy atom. The Morgan fingerprint density at radius 3 is 2.41 bits per heavy atom. The van der Waals surface area contributed by atoms with Crippen LogP contribution in [-0.4, -0.2) is 29.5 Å². The van der Waals surface area contributed by atoms with Crippen LogP contribution in [0, 0.1) is 19.8 Å². The molecule has 22 heavy (non-hydrogen) atoms. The molecule has 0 aliphatic carbocycles. The van der Waals surface area contributed by atoms with Crippen LogP contribution in [0.25, 0.3) is 0 Å². The fraction of sp³-hybridized carbons (Fsp3) is 0.467. The van der Waals surface area contributed by atoms with Gasteiger partial charge in [-0.05, 0) is 37.0 Å². The lowest BCUT2D eigenvalue weighted by molar-refractivity contribution is 0.361. The molecule has 0 spiro atoms. The van der Waals surface area contributed by atoms with Crippen molar-refractivity contribution in [1.29, 1.82) is 0 Å². The molecular formula is C15H22N4O2S. The van der Waals surface area contributed by atoms with E-state index in [1.807, 2.05) is 32.9 Å². The minimum atomic E-state index is -3.58. The molecule has 1 aromatic heterocycles. The fourth-order valence-electron chi connectivity index (χ4n) is 2.16. The molecular weight excluding hydrogens is 300 g/mol. The Bertz CT molecular complexity index is 724. The van der Waals surface area contributed by atoms with Gasteiger partial charge in [-0.15, -0.1) is 0 Å². The predicted octanol–water partition coefficient (Wildman–Crippen LogP) is 1.90. The first-order chi connectivity index (χ1) is 10.3. The van der Waals surface area contributed by atoms with Gasteiger partial charge in [-0.1, -0.05) is 26.0 Å². The van der Waals surface area contributed by atoms with E-state index in [-0.39, 0.29) is 12.0 Å². The molecule has 0 unspecified atom stereocenters. The summed E-state index contributed by atoms with van der Waals surface area (Å²) in [6.07, 6.45) is 3.16. The summed E-state index contributed by atoms with van der Waals surface area (Å²) in [5.74, 6) is 0.117. The Kier molecular flexibility index (Phi) is 4.97. The van der Waals surface area contributed by atoms with Crippen LogP contribution in [0.5, 0.6) is 0 Å². The zero-order chi connectivity index (χ0) is 16.3. The molecule has 7 heteroatoms. The fourth-order valence-corrected chi connectivity index (χ4v) is 3.86. The second-order valence-electron chi connectivity index (χ2n) is 5.82. The minimum absolute atomic E-state index is 0.117. The molecule has 0 bridgehead atoms. The van der Waals surface area contributed by atoms with Crippen molar-refractivity contribution in [3.8, 4) is 0 Å². The van der Waals surface area contributed by atoms with Gasteiger partial charge in [0, 0.05) is 6.04 Å². The van der Waals surface area contributed by atoms with Crippen LogP contribution >= 0.6 is 0 Å². The molecule has 0 saturated heterocycles. The number of nitrogens with one attached hydrogen (secondary N) is 1. The monoisotopic (exact) mass is 322 g/mol. The summed E-state index contributed by atoms with van der Waals surface area (Å²) in [5, 5.41) is 8.09. The Morgan fingerprint density at radius 1 is 1.18 bits per heavy atom. The third kappa shape index (κ3) is 3.92. The van der Waals surface area contributed by atoms with E-state index in [4.69, 9.17) is 0 Å². The highest BCUT2D eigenvalue weighted by Crippen LogP contribution is 2.18. The van der Waals surface area contributed by atoms with Crippen LogP contribution in [0.15, 0.2) is 35.5 Å². The van der Waals surface area contributed by atoms with Crippen molar-refractivity contribution in [2.45, 2.75) is 45.2 Å². The minimum Gasteiger partial charge on any atom is -0.207 e. The van der Waals surface area contributed by atoms with E-state index in [2.05, 4.69) is 14.9 Å². The number of nitrogens with zero attached hydrogens (tertiary/aromatic N) is 3. The van der Waals surface area contributed by atoms with Crippen LogP contribution in [0.1, 0.15) is 25.0 Å². The van der Waals surface area contributed by atoms with E-state index >= 15 is 0 Å². The third-order valence-electron chi connectivity index (χ3n) is 3.57. The molecule has 2 aromatic rings. The van der Waals surface area contributed by atoms with E-state index in [1.165, 1.54) is 4.80 Å². The van der Waals surface area contributed by atoms with Gasteiger partial charge >= 0.3 is 0 Å². The van der Waals surface area contributed by atoms with Gasteiger partial charge in [-0.3, -0.25) is 0 Å². The summed E-state index contributed by atoms with van der Waals surface area (Å²) in [6, 6.07) is 5.14. The van der Waals surface area contributed by atoms with Crippen molar-refractivity contribution in [2.75, 3.05) is 0 Å². The van der Waals surface area contributed by atoms with Crippen LogP contribution in [-0.2, 0) is 16.6 Å². The summed E-state index contributed by atoms with van der Waals surface area (Å²) in [7, 11) is -3.58. The summed E-state index contributed by atoms with van der Waals surface area (Å²) >= 11 is 0. The number of aromatic nitrogens is 3. The van der Waals surface area contributed by atoms with Crippen LogP contribution in [0.2, 0.25) is 0 Å². The number of aryl methyl sites for hydroxylation is 2. The molecule has 0 amide bonds. The van der Waals surface area contributed by atoms with Crippen molar-refractivity contribution >= 4 is 10.0 Å². The van der Waals surface area contributed by atoms with Crippen LogP contribution in [0.3, 0.4) is 0 Å². The molecule has 6 nitrogen and oxygen atoms in total. The number of hydrogen-bond acceptors (Lipinski definition) is 4. The SMILES string of the molecule is Cc1ccc(C)c(S(=O)(=O)N[C@@H](Cn2nccn2)C(C)C)c1. The molecule has 0 saturated carbocycles. The van der Waals surface area contributed by atoms with Gasteiger partial charge in [0.1, 0.15) is 0 Å². The summed E-state index contributed by atoms with van der Waals surface area (Å²) in [6.45, 7) is 8.02. The number of sulfonamides is 1. The van der Waals surface area contributed by atoms with Gasteiger partial charge in [-0.2, -0.15) is 15.0 Å². The maximum Gasteiger partial charge on any atom is 0.241 e. The first kappa shape index (κ1) is 16.6. The van der Waals surface area contributed by atoms with E-state index < -0.39 is 10.0 Å². The van der Waals surface area contributed by atoms with Gasteiger partial charge in [-0.25, -0.2) is 13.1 Å². The maximum absolute atomic E-state index is 12.7. The number of hydrogen-bond donors (Lipinski definition) is 1. The lowest BCUT2D eigenvalue weighted by atomic mass is 10.1. The highest BCUT2D eigenvalue weighted by atomic mass is 32.2. The molecule has 2 rings (SSSR count). The highest BCUT2D eigenvalue weighted by molar-refractivity contribution is 7.89. The van der Waals surface area contributed by atoms with Crippen molar-refractivity contribution in [3.05, 3.63) is 41.7 Å². The topological polar surface area (TPSA) is 76.9 Å². The maximum atomic E-state index is 12.7. The van der Waals surface area contributed by atoms with Crippen molar-refractivity contribution < 1.29 is 8.42 Å². The second kappa shape index (κ2) is 6.58. The zero-order valence-electron chi connectivity index (χ0n) is 13.3. The van der Waals surface area contributed by atoms with Gasteiger partial charge in [0.2, 0.25) is 10.0 Å². The van der Waals surface area contributed by atoms with Gasteiger partial charge in [0.05, 0.1) is 23.8 Å². The number of benzene rings is 1. The molecule has 0 radical (unpaired) electrons. The number of rotatable bonds is 6. The summed E-state index contributed by atoms with van der Waals surface area (Å²) < 4.78 is 28.2. The highest BCUT2D eigenvalue weighted by Gasteiger charge is 2.24. The Labute approximate surface area is 131 Å². The average molecular weight is 322 g/mol. The lowest BCUT2D eigenvalue weighted by Crippen LogP contribution is -2.42. The van der Waals surface area contributed by atoms with Crippen LogP contribution in [0.4, 0.5) is 0 Å². The van der Waals surface area contributed by atoms with Gasteiger partial charge in [0.15, 0.2) is 0 Å². The molecule has 0 aliphatic heterocycles. The second-order valence-corrected chi connectivity index (χ2v) is 7.51. The third-order valence-corrected chi connectivity index (χ3v) is 5.20. The Balaban J connectivity index is 2.26. The first-order valence-corrected chi connectivity index (χ1v) is 8.71. The van der Waals surface area contributed by atoms with Gasteiger partial charge in [0.25, 0.3) is 0 Å². The molecule has 0 fully saturated rings. The molecule has 1 aromatic carbocycles. The zero-order valence-corrected chi connectivity index (χ0v) is 14.1.